The number of aromatic nitrogens is 1. The lowest BCUT2D eigenvalue weighted by Crippen LogP contribution is -2.33. The Morgan fingerprint density at radius 1 is 1.06 bits per heavy atom. The summed E-state index contributed by atoms with van der Waals surface area (Å²) >= 11 is 5.56. The summed E-state index contributed by atoms with van der Waals surface area (Å²) in [7, 11) is 0. The number of amides is 2. The molecular weight excluding hydrogens is 463 g/mol. The van der Waals surface area contributed by atoms with Crippen molar-refractivity contribution in [3.63, 3.8) is 0 Å². The summed E-state index contributed by atoms with van der Waals surface area (Å²) in [6.45, 7) is -2.54. The molecule has 0 fully saturated rings. The zero-order chi connectivity index (χ0) is 26.7. The fourth-order valence-electron chi connectivity index (χ4n) is 2.68. The van der Waals surface area contributed by atoms with E-state index in [1.807, 2.05) is 0 Å². The maximum absolute atomic E-state index is 13.0. The van der Waals surface area contributed by atoms with Crippen molar-refractivity contribution in [1.29, 1.82) is 0 Å². The van der Waals surface area contributed by atoms with E-state index in [0.717, 1.165) is 18.3 Å². The first kappa shape index (κ1) is 19.9. The van der Waals surface area contributed by atoms with Gasteiger partial charge in [0.25, 0.3) is 5.69 Å². The maximum Gasteiger partial charge on any atom is 0.417 e. The third-order valence-electron chi connectivity index (χ3n) is 4.21. The number of nitrogens with zero attached hydrogens (tertiary/aromatic N) is 1. The Hall–Kier alpha value is -3.79. The molecule has 0 aliphatic heterocycles. The SMILES string of the molecule is [2H]C([2H])([2H])CC(=O)c1cc(Oc2ccc(NC(=O)Nc3ccc(Cl)c(C(F)(F)F)c3)cc2)cc[n+]1[O-]. The number of anilines is 2. The summed E-state index contributed by atoms with van der Waals surface area (Å²) in [6, 6.07) is 10.3. The molecule has 3 aromatic rings. The summed E-state index contributed by atoms with van der Waals surface area (Å²) < 4.78 is 66.3. The molecule has 2 amide bonds. The van der Waals surface area contributed by atoms with E-state index in [0.29, 0.717) is 6.07 Å². The number of ketones is 1. The Morgan fingerprint density at radius 2 is 1.73 bits per heavy atom. The van der Waals surface area contributed by atoms with Crippen LogP contribution in [0.25, 0.3) is 0 Å². The van der Waals surface area contributed by atoms with Gasteiger partial charge in [-0.2, -0.15) is 17.9 Å². The molecule has 0 saturated heterocycles. The fraction of sp³-hybridized carbons (Fsp3) is 0.136. The predicted octanol–water partition coefficient (Wildman–Crippen LogP) is 6.02. The third-order valence-corrected chi connectivity index (χ3v) is 4.54. The van der Waals surface area contributed by atoms with E-state index in [-0.39, 0.29) is 27.6 Å². The van der Waals surface area contributed by atoms with Crippen LogP contribution in [0.1, 0.15) is 33.4 Å². The molecule has 0 unspecified atom stereocenters. The summed E-state index contributed by atoms with van der Waals surface area (Å²) in [4.78, 5) is 24.3. The normalized spacial score (nSPS) is 12.8. The number of urea groups is 1. The summed E-state index contributed by atoms with van der Waals surface area (Å²) in [5.74, 6) is -0.520. The quantitative estimate of drug-likeness (QED) is 0.255. The smallest absolute Gasteiger partial charge is 0.417 e. The molecule has 1 aromatic heterocycles. The molecule has 0 aliphatic rings. The lowest BCUT2D eigenvalue weighted by Gasteiger charge is -2.12. The molecule has 3 rings (SSSR count). The minimum Gasteiger partial charge on any atom is -0.618 e. The minimum atomic E-state index is -4.68. The number of hydrogen-bond acceptors (Lipinski definition) is 4. The molecule has 2 aromatic carbocycles. The monoisotopic (exact) mass is 482 g/mol. The number of Topliss-reactive ketones (excluding diaryl/α,β-unsaturated/α-hetero) is 1. The second kappa shape index (κ2) is 9.78. The van der Waals surface area contributed by atoms with Gasteiger partial charge in [0.15, 0.2) is 6.20 Å². The first-order valence-corrected chi connectivity index (χ1v) is 9.58. The predicted molar refractivity (Wildman–Crippen MR) is 116 cm³/mol. The topological polar surface area (TPSA) is 94.4 Å². The van der Waals surface area contributed by atoms with Crippen LogP contribution in [0.5, 0.6) is 11.5 Å². The molecule has 0 radical (unpaired) electrons. The van der Waals surface area contributed by atoms with Gasteiger partial charge >= 0.3 is 12.2 Å². The van der Waals surface area contributed by atoms with E-state index in [4.69, 9.17) is 20.5 Å². The molecule has 7 nitrogen and oxygen atoms in total. The lowest BCUT2D eigenvalue weighted by molar-refractivity contribution is -0.607. The highest BCUT2D eigenvalue weighted by Crippen LogP contribution is 2.36. The molecule has 1 heterocycles. The van der Waals surface area contributed by atoms with E-state index >= 15 is 0 Å². The molecular formula is C22H17ClF3N3O4. The Bertz CT molecular complexity index is 1290. The number of nitrogens with one attached hydrogen (secondary N) is 2. The Morgan fingerprint density at radius 3 is 2.39 bits per heavy atom. The van der Waals surface area contributed by atoms with Crippen molar-refractivity contribution in [3.05, 3.63) is 82.3 Å². The minimum absolute atomic E-state index is 0.0950. The molecule has 0 atom stereocenters. The van der Waals surface area contributed by atoms with Gasteiger partial charge < -0.3 is 20.6 Å². The molecule has 0 aliphatic carbocycles. The standard InChI is InChI=1S/C22H17ClF3N3O4/c1-2-20(30)19-12-16(9-10-29(19)32)33-15-6-3-13(4-7-15)27-21(31)28-14-5-8-18(23)17(11-14)22(24,25)26/h3-12H,2H2,1H3,(H2,27,28,31)/i1D3. The molecule has 0 spiro atoms. The second-order valence-electron chi connectivity index (χ2n) is 6.57. The van der Waals surface area contributed by atoms with Crippen LogP contribution in [0.15, 0.2) is 60.8 Å². The molecule has 33 heavy (non-hydrogen) atoms. The van der Waals surface area contributed by atoms with Gasteiger partial charge in [-0.15, -0.1) is 0 Å². The zero-order valence-corrected chi connectivity index (χ0v) is 17.3. The van der Waals surface area contributed by atoms with E-state index in [1.54, 1.807) is 0 Å². The number of halogens is 4. The zero-order valence-electron chi connectivity index (χ0n) is 19.6. The Kier molecular flexibility index (Phi) is 5.89. The van der Waals surface area contributed by atoms with Crippen LogP contribution in [-0.2, 0) is 6.18 Å². The van der Waals surface area contributed by atoms with E-state index in [2.05, 4.69) is 10.6 Å². The average molecular weight is 483 g/mol. The molecule has 2 N–H and O–H groups in total. The molecule has 0 bridgehead atoms. The average Bonchev–Trinajstić information content (AvgIpc) is 2.75. The number of ether oxygens (including phenoxy) is 1. The van der Waals surface area contributed by atoms with Crippen molar-refractivity contribution in [1.82, 2.24) is 0 Å². The van der Waals surface area contributed by atoms with Crippen molar-refractivity contribution < 1.29 is 36.3 Å². The van der Waals surface area contributed by atoms with Crippen LogP contribution in [0.2, 0.25) is 5.02 Å². The molecule has 0 saturated carbocycles. The Balaban J connectivity index is 1.64. The number of benzene rings is 2. The number of carbonyl (C=O) groups is 2. The van der Waals surface area contributed by atoms with Crippen LogP contribution in [-0.4, -0.2) is 11.8 Å². The van der Waals surface area contributed by atoms with Gasteiger partial charge in [-0.25, -0.2) is 4.79 Å². The number of rotatable bonds is 6. The van der Waals surface area contributed by atoms with Crippen LogP contribution in [0.4, 0.5) is 29.3 Å². The van der Waals surface area contributed by atoms with Crippen molar-refractivity contribution in [2.45, 2.75) is 19.4 Å². The highest BCUT2D eigenvalue weighted by molar-refractivity contribution is 6.31. The van der Waals surface area contributed by atoms with Gasteiger partial charge in [-0.05, 0) is 42.5 Å². The number of alkyl halides is 3. The fourth-order valence-corrected chi connectivity index (χ4v) is 2.91. The Labute approximate surface area is 195 Å². The summed E-state index contributed by atoms with van der Waals surface area (Å²) in [6.07, 6.45) is -4.49. The van der Waals surface area contributed by atoms with Crippen LogP contribution in [0, 0.1) is 5.21 Å². The number of pyridine rings is 1. The van der Waals surface area contributed by atoms with Crippen LogP contribution >= 0.6 is 11.6 Å². The molecule has 11 heteroatoms. The van der Waals surface area contributed by atoms with Gasteiger partial charge in [0.1, 0.15) is 11.5 Å². The molecule has 172 valence electrons. The van der Waals surface area contributed by atoms with Gasteiger partial charge in [0.2, 0.25) is 5.78 Å². The third kappa shape index (κ3) is 6.13. The van der Waals surface area contributed by atoms with Crippen LogP contribution < -0.4 is 20.1 Å². The largest absolute Gasteiger partial charge is 0.618 e. The van der Waals surface area contributed by atoms with E-state index in [1.165, 1.54) is 36.4 Å². The van der Waals surface area contributed by atoms with Crippen molar-refractivity contribution in [3.8, 4) is 11.5 Å². The van der Waals surface area contributed by atoms with Gasteiger partial charge in [0, 0.05) is 28.0 Å². The first-order chi connectivity index (χ1) is 16.7. The first-order valence-electron chi connectivity index (χ1n) is 10.7. The second-order valence-corrected chi connectivity index (χ2v) is 6.98. The van der Waals surface area contributed by atoms with Gasteiger partial charge in [-0.1, -0.05) is 18.5 Å². The summed E-state index contributed by atoms with van der Waals surface area (Å²) in [5.41, 5.74) is -1.32. The highest BCUT2D eigenvalue weighted by atomic mass is 35.5. The van der Waals surface area contributed by atoms with Gasteiger partial charge in [0.05, 0.1) is 16.7 Å². The number of hydrogen-bond donors (Lipinski definition) is 2. The van der Waals surface area contributed by atoms with E-state index < -0.39 is 47.5 Å². The van der Waals surface area contributed by atoms with Crippen molar-refractivity contribution in [2.24, 2.45) is 0 Å². The van der Waals surface area contributed by atoms with Gasteiger partial charge in [-0.3, -0.25) is 4.79 Å². The maximum atomic E-state index is 13.0. The van der Waals surface area contributed by atoms with E-state index in [9.17, 15) is 28.0 Å². The van der Waals surface area contributed by atoms with Crippen molar-refractivity contribution in [2.75, 3.05) is 10.6 Å². The van der Waals surface area contributed by atoms with Crippen LogP contribution in [0.3, 0.4) is 0 Å². The number of carbonyl (C=O) groups excluding carboxylic acids is 2. The summed E-state index contributed by atoms with van der Waals surface area (Å²) in [5, 5.41) is 16.1. The van der Waals surface area contributed by atoms with Crippen molar-refractivity contribution >= 4 is 34.8 Å². The highest BCUT2D eigenvalue weighted by Gasteiger charge is 2.33. The lowest BCUT2D eigenvalue weighted by atomic mass is 10.2.